The summed E-state index contributed by atoms with van der Waals surface area (Å²) in [7, 11) is -2.64. The maximum atomic E-state index is 13.7. The van der Waals surface area contributed by atoms with E-state index in [1.165, 1.54) is 37.4 Å². The van der Waals surface area contributed by atoms with E-state index in [1.807, 2.05) is 0 Å². The van der Waals surface area contributed by atoms with E-state index >= 15 is 0 Å². The average Bonchev–Trinajstić information content (AvgIpc) is 2.41. The van der Waals surface area contributed by atoms with Crippen LogP contribution in [-0.2, 0) is 10.0 Å². The Morgan fingerprint density at radius 3 is 2.50 bits per heavy atom. The Hall–Kier alpha value is -1.60. The second-order valence-corrected chi connectivity index (χ2v) is 6.96. The molecule has 0 saturated heterocycles. The molecule has 0 bridgehead atoms. The topological polar surface area (TPSA) is 63.4 Å². The predicted molar refractivity (Wildman–Crippen MR) is 80.5 cm³/mol. The van der Waals surface area contributed by atoms with Gasteiger partial charge in [0.05, 0.1) is 11.4 Å². The summed E-state index contributed by atoms with van der Waals surface area (Å²) in [6, 6.07) is 10.2. The van der Waals surface area contributed by atoms with E-state index in [1.54, 1.807) is 12.1 Å². The van der Waals surface area contributed by atoms with Gasteiger partial charge in [0.1, 0.15) is 10.7 Å². The Labute approximate surface area is 125 Å². The highest BCUT2D eigenvalue weighted by molar-refractivity contribution is 9.10. The molecule has 2 aromatic carbocycles. The standard InChI is InChI=1S/C13H12BrFN2O2S/c1-17(12-5-3-2-4-10(12)15)20(18,19)13-8-9(14)6-7-11(13)16/h2-8H,16H2,1H3. The van der Waals surface area contributed by atoms with Crippen molar-refractivity contribution < 1.29 is 12.8 Å². The highest BCUT2D eigenvalue weighted by atomic mass is 79.9. The van der Waals surface area contributed by atoms with Crippen molar-refractivity contribution in [1.82, 2.24) is 0 Å². The number of rotatable bonds is 3. The first-order chi connectivity index (χ1) is 9.34. The Morgan fingerprint density at radius 1 is 1.20 bits per heavy atom. The molecule has 0 saturated carbocycles. The van der Waals surface area contributed by atoms with Gasteiger partial charge in [-0.3, -0.25) is 4.31 Å². The van der Waals surface area contributed by atoms with E-state index in [0.717, 1.165) is 4.31 Å². The molecule has 0 spiro atoms. The van der Waals surface area contributed by atoms with Crippen molar-refractivity contribution in [1.29, 1.82) is 0 Å². The minimum atomic E-state index is -3.93. The lowest BCUT2D eigenvalue weighted by Gasteiger charge is -2.21. The van der Waals surface area contributed by atoms with E-state index in [4.69, 9.17) is 5.73 Å². The minimum Gasteiger partial charge on any atom is -0.398 e. The fourth-order valence-corrected chi connectivity index (χ4v) is 3.57. The summed E-state index contributed by atoms with van der Waals surface area (Å²) in [6.07, 6.45) is 0. The summed E-state index contributed by atoms with van der Waals surface area (Å²) in [6.45, 7) is 0. The second kappa shape index (κ2) is 5.41. The summed E-state index contributed by atoms with van der Waals surface area (Å²) >= 11 is 3.20. The predicted octanol–water partition coefficient (Wildman–Crippen LogP) is 3.00. The lowest BCUT2D eigenvalue weighted by atomic mass is 10.3. The molecule has 0 aliphatic heterocycles. The first kappa shape index (κ1) is 14.8. The fraction of sp³-hybridized carbons (Fsp3) is 0.0769. The third-order valence-corrected chi connectivity index (χ3v) is 5.13. The number of para-hydroxylation sites is 1. The molecular weight excluding hydrogens is 347 g/mol. The van der Waals surface area contributed by atoms with E-state index in [2.05, 4.69) is 15.9 Å². The number of benzene rings is 2. The molecule has 0 atom stereocenters. The van der Waals surface area contributed by atoms with Crippen LogP contribution in [0.25, 0.3) is 0 Å². The first-order valence-electron chi connectivity index (χ1n) is 5.62. The third kappa shape index (κ3) is 2.64. The van der Waals surface area contributed by atoms with Gasteiger partial charge in [-0.2, -0.15) is 0 Å². The van der Waals surface area contributed by atoms with Crippen LogP contribution in [0.2, 0.25) is 0 Å². The molecular formula is C13H12BrFN2O2S. The van der Waals surface area contributed by atoms with E-state index in [9.17, 15) is 12.8 Å². The number of anilines is 2. The molecule has 2 N–H and O–H groups in total. The van der Waals surface area contributed by atoms with Crippen molar-refractivity contribution in [2.75, 3.05) is 17.1 Å². The number of nitrogen functional groups attached to an aromatic ring is 1. The SMILES string of the molecule is CN(c1ccccc1F)S(=O)(=O)c1cc(Br)ccc1N. The second-order valence-electron chi connectivity index (χ2n) is 4.11. The van der Waals surface area contributed by atoms with Crippen molar-refractivity contribution >= 4 is 37.3 Å². The maximum Gasteiger partial charge on any atom is 0.266 e. The smallest absolute Gasteiger partial charge is 0.266 e. The van der Waals surface area contributed by atoms with Crippen molar-refractivity contribution in [3.8, 4) is 0 Å². The number of hydrogen-bond acceptors (Lipinski definition) is 3. The summed E-state index contributed by atoms with van der Waals surface area (Å²) in [5.41, 5.74) is 5.78. The van der Waals surface area contributed by atoms with E-state index in [-0.39, 0.29) is 16.3 Å². The van der Waals surface area contributed by atoms with Crippen LogP contribution < -0.4 is 10.0 Å². The largest absolute Gasteiger partial charge is 0.398 e. The van der Waals surface area contributed by atoms with Crippen LogP contribution in [-0.4, -0.2) is 15.5 Å². The zero-order valence-electron chi connectivity index (χ0n) is 10.5. The first-order valence-corrected chi connectivity index (χ1v) is 7.86. The molecule has 20 heavy (non-hydrogen) atoms. The summed E-state index contributed by atoms with van der Waals surface area (Å²) < 4.78 is 40.2. The number of halogens is 2. The average molecular weight is 359 g/mol. The molecule has 2 rings (SSSR count). The number of nitrogens with zero attached hydrogens (tertiary/aromatic N) is 1. The number of nitrogens with two attached hydrogens (primary N) is 1. The van der Waals surface area contributed by atoms with Crippen LogP contribution in [0, 0.1) is 5.82 Å². The Bertz CT molecular complexity index is 750. The van der Waals surface area contributed by atoms with Crippen LogP contribution >= 0.6 is 15.9 Å². The molecule has 7 heteroatoms. The molecule has 0 unspecified atom stereocenters. The van der Waals surface area contributed by atoms with Crippen molar-refractivity contribution in [3.05, 3.63) is 52.8 Å². The summed E-state index contributed by atoms with van der Waals surface area (Å²) in [5.74, 6) is -0.618. The summed E-state index contributed by atoms with van der Waals surface area (Å²) in [4.78, 5) is -0.0716. The Morgan fingerprint density at radius 2 is 1.85 bits per heavy atom. The molecule has 4 nitrogen and oxygen atoms in total. The number of hydrogen-bond donors (Lipinski definition) is 1. The van der Waals surface area contributed by atoms with Crippen LogP contribution in [0.4, 0.5) is 15.8 Å². The maximum absolute atomic E-state index is 13.7. The van der Waals surface area contributed by atoms with Gasteiger partial charge >= 0.3 is 0 Å². The molecule has 0 aliphatic carbocycles. The molecule has 106 valence electrons. The van der Waals surface area contributed by atoms with Gasteiger partial charge in [0, 0.05) is 11.5 Å². The monoisotopic (exact) mass is 358 g/mol. The molecule has 2 aromatic rings. The lowest BCUT2D eigenvalue weighted by Crippen LogP contribution is -2.28. The van der Waals surface area contributed by atoms with Crippen molar-refractivity contribution in [2.24, 2.45) is 0 Å². The molecule has 0 fully saturated rings. The van der Waals surface area contributed by atoms with Crippen molar-refractivity contribution in [3.63, 3.8) is 0 Å². The van der Waals surface area contributed by atoms with Crippen LogP contribution in [0.1, 0.15) is 0 Å². The molecule has 0 amide bonds. The van der Waals surface area contributed by atoms with Gasteiger partial charge in [0.2, 0.25) is 0 Å². The molecule has 0 radical (unpaired) electrons. The molecule has 0 aliphatic rings. The Balaban J connectivity index is 2.56. The highest BCUT2D eigenvalue weighted by Gasteiger charge is 2.25. The van der Waals surface area contributed by atoms with Gasteiger partial charge < -0.3 is 5.73 Å². The Kier molecular flexibility index (Phi) is 4.01. The molecule has 0 heterocycles. The normalized spacial score (nSPS) is 11.3. The van der Waals surface area contributed by atoms with E-state index in [0.29, 0.717) is 4.47 Å². The van der Waals surface area contributed by atoms with Gasteiger partial charge in [-0.1, -0.05) is 28.1 Å². The highest BCUT2D eigenvalue weighted by Crippen LogP contribution is 2.29. The van der Waals surface area contributed by atoms with Gasteiger partial charge in [0.25, 0.3) is 10.0 Å². The number of sulfonamides is 1. The fourth-order valence-electron chi connectivity index (χ4n) is 1.72. The van der Waals surface area contributed by atoms with Gasteiger partial charge in [-0.05, 0) is 30.3 Å². The summed E-state index contributed by atoms with van der Waals surface area (Å²) in [5, 5.41) is 0. The molecule has 0 aromatic heterocycles. The quantitative estimate of drug-likeness (QED) is 0.857. The van der Waals surface area contributed by atoms with Crippen LogP contribution in [0.3, 0.4) is 0 Å². The third-order valence-electron chi connectivity index (χ3n) is 2.81. The van der Waals surface area contributed by atoms with Gasteiger partial charge in [-0.25, -0.2) is 12.8 Å². The van der Waals surface area contributed by atoms with Crippen LogP contribution in [0.15, 0.2) is 51.8 Å². The van der Waals surface area contributed by atoms with Gasteiger partial charge in [-0.15, -0.1) is 0 Å². The lowest BCUT2D eigenvalue weighted by molar-refractivity contribution is 0.590. The van der Waals surface area contributed by atoms with Crippen molar-refractivity contribution in [2.45, 2.75) is 4.90 Å². The van der Waals surface area contributed by atoms with E-state index < -0.39 is 15.8 Å². The zero-order valence-corrected chi connectivity index (χ0v) is 12.9. The minimum absolute atomic E-state index is 0.0353. The zero-order chi connectivity index (χ0) is 14.9. The van der Waals surface area contributed by atoms with Crippen LogP contribution in [0.5, 0.6) is 0 Å². The van der Waals surface area contributed by atoms with Gasteiger partial charge in [0.15, 0.2) is 0 Å².